The molecule has 0 aromatic heterocycles. The van der Waals surface area contributed by atoms with Crippen LogP contribution in [-0.2, 0) is 0 Å². The largest absolute Gasteiger partial charge is 0.262 e. The molecule has 0 aliphatic carbocycles. The van der Waals surface area contributed by atoms with E-state index in [-0.39, 0.29) is 5.41 Å². The Morgan fingerprint density at radius 3 is 2.27 bits per heavy atom. The van der Waals surface area contributed by atoms with E-state index in [1.165, 1.54) is 12.0 Å². The first kappa shape index (κ1) is 14.2. The third kappa shape index (κ3) is 7.12. The lowest BCUT2D eigenvalue weighted by Gasteiger charge is -2.18. The Morgan fingerprint density at radius 2 is 1.80 bits per heavy atom. The number of hydrogen-bond donors (Lipinski definition) is 0. The number of nitrogens with zero attached hydrogens (tertiary/aromatic N) is 1. The fourth-order valence-corrected chi connectivity index (χ4v) is 0.856. The molecule has 1 nitrogen and oxygen atoms in total. The summed E-state index contributed by atoms with van der Waals surface area (Å²) in [4.78, 5) is 4.43. The maximum Gasteiger partial charge on any atom is 0.0369 e. The van der Waals surface area contributed by atoms with Gasteiger partial charge in [0.15, 0.2) is 0 Å². The van der Waals surface area contributed by atoms with Crippen molar-refractivity contribution in [1.82, 2.24) is 0 Å². The van der Waals surface area contributed by atoms with Gasteiger partial charge in [0.25, 0.3) is 0 Å². The van der Waals surface area contributed by atoms with Gasteiger partial charge in [0.1, 0.15) is 0 Å². The molecular formula is C14H25N. The molecule has 0 saturated heterocycles. The number of aliphatic imine (C=N–C) groups is 1. The monoisotopic (exact) mass is 207 g/mol. The first-order valence-electron chi connectivity index (χ1n) is 5.76. The molecule has 1 heteroatoms. The van der Waals surface area contributed by atoms with Gasteiger partial charge >= 0.3 is 0 Å². The summed E-state index contributed by atoms with van der Waals surface area (Å²) in [7, 11) is 0. The van der Waals surface area contributed by atoms with E-state index in [2.05, 4.69) is 51.8 Å². The van der Waals surface area contributed by atoms with Crippen LogP contribution in [-0.4, -0.2) is 5.71 Å². The standard InChI is InChI=1S/C14H25N/c1-7-8-9-10-13(3)15-11-12(2)14(4,5)6/h9-11H,7-8H2,1-6H3/b10-9+,12-11+,15-13+. The molecule has 0 heterocycles. The minimum atomic E-state index is 0.219. The smallest absolute Gasteiger partial charge is 0.0369 e. The van der Waals surface area contributed by atoms with Crippen LogP contribution in [0.4, 0.5) is 0 Å². The van der Waals surface area contributed by atoms with Crippen molar-refractivity contribution in [3.8, 4) is 0 Å². The van der Waals surface area contributed by atoms with Gasteiger partial charge in [0.05, 0.1) is 0 Å². The molecule has 0 aliphatic rings. The van der Waals surface area contributed by atoms with E-state index in [0.29, 0.717) is 0 Å². The molecule has 86 valence electrons. The summed E-state index contributed by atoms with van der Waals surface area (Å²) in [5.74, 6) is 0. The predicted octanol–water partition coefficient (Wildman–Crippen LogP) is 4.75. The average Bonchev–Trinajstić information content (AvgIpc) is 2.13. The topological polar surface area (TPSA) is 12.4 Å². The Morgan fingerprint density at radius 1 is 1.20 bits per heavy atom. The van der Waals surface area contributed by atoms with Crippen molar-refractivity contribution in [2.75, 3.05) is 0 Å². The van der Waals surface area contributed by atoms with Crippen molar-refractivity contribution in [2.45, 2.75) is 54.4 Å². The number of allylic oxidation sites excluding steroid dienone is 3. The van der Waals surface area contributed by atoms with Gasteiger partial charge in [-0.2, -0.15) is 0 Å². The van der Waals surface area contributed by atoms with Gasteiger partial charge in [0.2, 0.25) is 0 Å². The maximum atomic E-state index is 4.43. The molecule has 0 N–H and O–H groups in total. The Hall–Kier alpha value is -0.850. The van der Waals surface area contributed by atoms with E-state index in [1.807, 2.05) is 13.1 Å². The summed E-state index contributed by atoms with van der Waals surface area (Å²) in [6.07, 6.45) is 8.58. The van der Waals surface area contributed by atoms with E-state index in [1.54, 1.807) is 0 Å². The van der Waals surface area contributed by atoms with Crippen molar-refractivity contribution >= 4 is 5.71 Å². The van der Waals surface area contributed by atoms with E-state index in [9.17, 15) is 0 Å². The molecule has 0 aromatic rings. The van der Waals surface area contributed by atoms with Gasteiger partial charge in [-0.1, -0.05) is 40.2 Å². The predicted molar refractivity (Wildman–Crippen MR) is 70.4 cm³/mol. The zero-order valence-corrected chi connectivity index (χ0v) is 11.1. The van der Waals surface area contributed by atoms with E-state index in [0.717, 1.165) is 12.1 Å². The van der Waals surface area contributed by atoms with Gasteiger partial charge in [-0.05, 0) is 37.3 Å². The van der Waals surface area contributed by atoms with Gasteiger partial charge < -0.3 is 0 Å². The molecule has 0 bridgehead atoms. The molecule has 0 aliphatic heterocycles. The average molecular weight is 207 g/mol. The van der Waals surface area contributed by atoms with Crippen LogP contribution in [0.3, 0.4) is 0 Å². The molecule has 0 rings (SSSR count). The Kier molecular flexibility index (Phi) is 6.23. The summed E-state index contributed by atoms with van der Waals surface area (Å²) in [6.45, 7) is 13.0. The van der Waals surface area contributed by atoms with E-state index < -0.39 is 0 Å². The van der Waals surface area contributed by atoms with Crippen LogP contribution in [0.2, 0.25) is 0 Å². The molecule has 0 atom stereocenters. The zero-order chi connectivity index (χ0) is 11.9. The van der Waals surface area contributed by atoms with Crippen LogP contribution in [0.1, 0.15) is 54.4 Å². The van der Waals surface area contributed by atoms with Crippen LogP contribution >= 0.6 is 0 Å². The first-order chi connectivity index (χ1) is 6.88. The molecular weight excluding hydrogens is 182 g/mol. The van der Waals surface area contributed by atoms with Crippen LogP contribution in [0, 0.1) is 5.41 Å². The van der Waals surface area contributed by atoms with Crippen molar-refractivity contribution in [2.24, 2.45) is 10.4 Å². The highest BCUT2D eigenvalue weighted by molar-refractivity contribution is 5.93. The molecule has 0 spiro atoms. The second kappa shape index (κ2) is 6.60. The Bertz CT molecular complexity index is 262. The molecule has 0 aromatic carbocycles. The summed E-state index contributed by atoms with van der Waals surface area (Å²) in [5, 5.41) is 0. The summed E-state index contributed by atoms with van der Waals surface area (Å²) >= 11 is 0. The molecule has 15 heavy (non-hydrogen) atoms. The summed E-state index contributed by atoms with van der Waals surface area (Å²) in [5.41, 5.74) is 2.61. The van der Waals surface area contributed by atoms with Crippen molar-refractivity contribution in [3.63, 3.8) is 0 Å². The summed E-state index contributed by atoms with van der Waals surface area (Å²) in [6, 6.07) is 0. The van der Waals surface area contributed by atoms with E-state index in [4.69, 9.17) is 0 Å². The highest BCUT2D eigenvalue weighted by Gasteiger charge is 2.11. The molecule has 0 amide bonds. The Labute approximate surface area is 95.0 Å². The molecule has 0 unspecified atom stereocenters. The summed E-state index contributed by atoms with van der Waals surface area (Å²) < 4.78 is 0. The molecule has 0 fully saturated rings. The second-order valence-corrected chi connectivity index (χ2v) is 5.02. The molecule has 0 radical (unpaired) electrons. The quantitative estimate of drug-likeness (QED) is 0.590. The Balaban J connectivity index is 4.38. The number of unbranched alkanes of at least 4 members (excludes halogenated alkanes) is 1. The van der Waals surface area contributed by atoms with Crippen LogP contribution in [0.5, 0.6) is 0 Å². The molecule has 0 saturated carbocycles. The van der Waals surface area contributed by atoms with E-state index >= 15 is 0 Å². The zero-order valence-electron chi connectivity index (χ0n) is 11.1. The fourth-order valence-electron chi connectivity index (χ4n) is 0.856. The fraction of sp³-hybridized carbons (Fsp3) is 0.643. The van der Waals surface area contributed by atoms with Crippen molar-refractivity contribution in [1.29, 1.82) is 0 Å². The van der Waals surface area contributed by atoms with Crippen LogP contribution in [0.25, 0.3) is 0 Å². The van der Waals surface area contributed by atoms with Gasteiger partial charge in [-0.3, -0.25) is 4.99 Å². The van der Waals surface area contributed by atoms with Gasteiger partial charge in [0, 0.05) is 11.9 Å². The second-order valence-electron chi connectivity index (χ2n) is 5.02. The lowest BCUT2D eigenvalue weighted by Crippen LogP contribution is -2.06. The van der Waals surface area contributed by atoms with Gasteiger partial charge in [-0.25, -0.2) is 0 Å². The first-order valence-corrected chi connectivity index (χ1v) is 5.76. The third-order valence-corrected chi connectivity index (χ3v) is 2.46. The van der Waals surface area contributed by atoms with Crippen LogP contribution < -0.4 is 0 Å². The maximum absolute atomic E-state index is 4.43. The van der Waals surface area contributed by atoms with Gasteiger partial charge in [-0.15, -0.1) is 0 Å². The lowest BCUT2D eigenvalue weighted by molar-refractivity contribution is 0.502. The van der Waals surface area contributed by atoms with Crippen molar-refractivity contribution < 1.29 is 0 Å². The highest BCUT2D eigenvalue weighted by atomic mass is 14.7. The third-order valence-electron chi connectivity index (χ3n) is 2.46. The highest BCUT2D eigenvalue weighted by Crippen LogP contribution is 2.24. The number of rotatable bonds is 4. The van der Waals surface area contributed by atoms with Crippen molar-refractivity contribution in [3.05, 3.63) is 23.9 Å². The normalized spacial score (nSPS) is 15.1. The SMILES string of the molecule is CCC/C=C/C(C)=N/C=C(\C)C(C)(C)C. The van der Waals surface area contributed by atoms with Crippen LogP contribution in [0.15, 0.2) is 28.9 Å². The lowest BCUT2D eigenvalue weighted by atomic mass is 9.88. The minimum Gasteiger partial charge on any atom is -0.262 e. The number of hydrogen-bond acceptors (Lipinski definition) is 1. The minimum absolute atomic E-state index is 0.219.